The van der Waals surface area contributed by atoms with Crippen LogP contribution in [0.4, 0.5) is 4.39 Å². The lowest BCUT2D eigenvalue weighted by molar-refractivity contribution is -0.0785. The molecule has 0 unspecified atom stereocenters. The first-order chi connectivity index (χ1) is 11.5. The first-order valence-electron chi connectivity index (χ1n) is 7.19. The second-order valence-corrected chi connectivity index (χ2v) is 6.92. The smallest absolute Gasteiger partial charge is 0.213 e. The van der Waals surface area contributed by atoms with Crippen LogP contribution in [-0.2, 0) is 0 Å². The van der Waals surface area contributed by atoms with Crippen molar-refractivity contribution in [3.63, 3.8) is 0 Å². The lowest BCUT2D eigenvalue weighted by Gasteiger charge is -2.34. The molecule has 1 aliphatic rings. The summed E-state index contributed by atoms with van der Waals surface area (Å²) in [5.41, 5.74) is 0.508. The summed E-state index contributed by atoms with van der Waals surface area (Å²) in [5.74, 6) is -0.0673. The molecule has 3 rings (SSSR count). The number of benzene rings is 1. The number of ether oxygens (including phenoxy) is 1. The number of rotatable bonds is 3. The molecular formula is C16H15ClFNO4S. The highest BCUT2D eigenvalue weighted by Gasteiger charge is 2.38. The van der Waals surface area contributed by atoms with Crippen LogP contribution in [0.3, 0.4) is 0 Å². The molecule has 1 aromatic carbocycles. The largest absolute Gasteiger partial charge is 0.475 e. The molecule has 0 spiro atoms. The summed E-state index contributed by atoms with van der Waals surface area (Å²) in [5, 5.41) is 29.7. The highest BCUT2D eigenvalue weighted by molar-refractivity contribution is 7.99. The molecule has 8 heteroatoms. The second-order valence-electron chi connectivity index (χ2n) is 5.38. The van der Waals surface area contributed by atoms with Crippen LogP contribution in [-0.4, -0.2) is 49.8 Å². The summed E-state index contributed by atoms with van der Waals surface area (Å²) < 4.78 is 19.0. The van der Waals surface area contributed by atoms with Crippen LogP contribution < -0.4 is 4.74 Å². The third-order valence-corrected chi connectivity index (χ3v) is 5.24. The first-order valence-corrected chi connectivity index (χ1v) is 8.62. The van der Waals surface area contributed by atoms with Gasteiger partial charge in [-0.05, 0) is 29.3 Å². The van der Waals surface area contributed by atoms with Crippen LogP contribution in [0.2, 0.25) is 5.02 Å². The maximum atomic E-state index is 13.3. The van der Waals surface area contributed by atoms with Gasteiger partial charge in [-0.1, -0.05) is 17.7 Å². The van der Waals surface area contributed by atoms with Gasteiger partial charge >= 0.3 is 0 Å². The van der Waals surface area contributed by atoms with Crippen molar-refractivity contribution in [1.82, 2.24) is 4.98 Å². The second kappa shape index (κ2) is 7.25. The van der Waals surface area contributed by atoms with Gasteiger partial charge in [0.05, 0.1) is 11.1 Å². The Morgan fingerprint density at radius 2 is 1.88 bits per heavy atom. The Morgan fingerprint density at radius 1 is 1.12 bits per heavy atom. The quantitative estimate of drug-likeness (QED) is 0.716. The van der Waals surface area contributed by atoms with E-state index in [4.69, 9.17) is 16.3 Å². The lowest BCUT2D eigenvalue weighted by Crippen LogP contribution is -2.50. The van der Waals surface area contributed by atoms with Crippen LogP contribution >= 0.6 is 23.4 Å². The average molecular weight is 372 g/mol. The zero-order valence-corrected chi connectivity index (χ0v) is 13.9. The lowest BCUT2D eigenvalue weighted by atomic mass is 10.1. The zero-order chi connectivity index (χ0) is 17.3. The highest BCUT2D eigenvalue weighted by atomic mass is 35.5. The van der Waals surface area contributed by atoms with Gasteiger partial charge in [-0.25, -0.2) is 4.98 Å². The Labute approximate surface area is 147 Å². The van der Waals surface area contributed by atoms with Gasteiger partial charge in [0.1, 0.15) is 18.0 Å². The molecule has 0 amide bonds. The van der Waals surface area contributed by atoms with Crippen molar-refractivity contribution in [2.75, 3.05) is 5.75 Å². The molecule has 1 saturated heterocycles. The van der Waals surface area contributed by atoms with E-state index in [1.165, 1.54) is 24.0 Å². The number of hydrogen-bond acceptors (Lipinski definition) is 6. The summed E-state index contributed by atoms with van der Waals surface area (Å²) in [4.78, 5) is 3.51. The number of aliphatic hydroxyl groups excluding tert-OH is 3. The van der Waals surface area contributed by atoms with Gasteiger partial charge in [-0.15, -0.1) is 11.8 Å². The Balaban J connectivity index is 1.85. The number of aromatic nitrogens is 1. The van der Waals surface area contributed by atoms with Crippen molar-refractivity contribution < 1.29 is 24.4 Å². The normalized spacial score (nSPS) is 27.0. The van der Waals surface area contributed by atoms with Crippen molar-refractivity contribution >= 4 is 23.4 Å². The van der Waals surface area contributed by atoms with Crippen LogP contribution in [0.5, 0.6) is 5.75 Å². The summed E-state index contributed by atoms with van der Waals surface area (Å²) in [6.07, 6.45) is -2.19. The molecule has 5 nitrogen and oxygen atoms in total. The summed E-state index contributed by atoms with van der Waals surface area (Å²) in [6.45, 7) is 0. The Morgan fingerprint density at radius 3 is 2.62 bits per heavy atom. The van der Waals surface area contributed by atoms with Gasteiger partial charge in [0.15, 0.2) is 5.44 Å². The van der Waals surface area contributed by atoms with E-state index in [2.05, 4.69) is 4.98 Å². The van der Waals surface area contributed by atoms with Gasteiger partial charge < -0.3 is 20.1 Å². The van der Waals surface area contributed by atoms with E-state index in [1.54, 1.807) is 24.3 Å². The molecule has 2 heterocycles. The predicted octanol–water partition coefficient (Wildman–Crippen LogP) is 2.08. The van der Waals surface area contributed by atoms with Crippen LogP contribution in [0, 0.1) is 5.95 Å². The summed E-state index contributed by atoms with van der Waals surface area (Å²) in [7, 11) is 0. The SMILES string of the molecule is O[C@@H]1[C@@H](O)[C@H](Oc2cc(-c3ccnc(F)c3)ccc2Cl)SC[C@H]1O. The molecule has 0 bridgehead atoms. The van der Waals surface area contributed by atoms with Gasteiger partial charge in [0.25, 0.3) is 0 Å². The fraction of sp³-hybridized carbons (Fsp3) is 0.312. The minimum absolute atomic E-state index is 0.232. The van der Waals surface area contributed by atoms with Crippen molar-refractivity contribution in [3.8, 4) is 16.9 Å². The monoisotopic (exact) mass is 371 g/mol. The van der Waals surface area contributed by atoms with Gasteiger partial charge in [0.2, 0.25) is 5.95 Å². The predicted molar refractivity (Wildman–Crippen MR) is 89.5 cm³/mol. The minimum atomic E-state index is -1.28. The Hall–Kier alpha value is -1.38. The number of halogens is 2. The molecular weight excluding hydrogens is 357 g/mol. The van der Waals surface area contributed by atoms with E-state index < -0.39 is 29.7 Å². The third-order valence-electron chi connectivity index (χ3n) is 3.69. The maximum Gasteiger partial charge on any atom is 0.213 e. The number of hydrogen-bond donors (Lipinski definition) is 3. The highest BCUT2D eigenvalue weighted by Crippen LogP contribution is 2.35. The summed E-state index contributed by atoms with van der Waals surface area (Å²) >= 11 is 7.31. The summed E-state index contributed by atoms with van der Waals surface area (Å²) in [6, 6.07) is 7.89. The Kier molecular flexibility index (Phi) is 5.27. The Bertz CT molecular complexity index is 735. The average Bonchev–Trinajstić information content (AvgIpc) is 2.57. The van der Waals surface area contributed by atoms with Crippen molar-refractivity contribution in [2.24, 2.45) is 0 Å². The van der Waals surface area contributed by atoms with Crippen molar-refractivity contribution in [2.45, 2.75) is 23.7 Å². The molecule has 1 aromatic heterocycles. The van der Waals surface area contributed by atoms with E-state index >= 15 is 0 Å². The number of thioether (sulfide) groups is 1. The number of nitrogens with zero attached hydrogens (tertiary/aromatic N) is 1. The zero-order valence-electron chi connectivity index (χ0n) is 12.3. The van der Waals surface area contributed by atoms with Crippen LogP contribution in [0.25, 0.3) is 11.1 Å². The van der Waals surface area contributed by atoms with Gasteiger partial charge in [0, 0.05) is 18.0 Å². The van der Waals surface area contributed by atoms with Crippen LogP contribution in [0.15, 0.2) is 36.5 Å². The van der Waals surface area contributed by atoms with Crippen molar-refractivity contribution in [1.29, 1.82) is 0 Å². The molecule has 128 valence electrons. The molecule has 3 N–H and O–H groups in total. The third kappa shape index (κ3) is 3.65. The van der Waals surface area contributed by atoms with E-state index in [0.29, 0.717) is 21.9 Å². The van der Waals surface area contributed by atoms with Gasteiger partial charge in [-0.2, -0.15) is 4.39 Å². The molecule has 4 atom stereocenters. The topological polar surface area (TPSA) is 82.8 Å². The van der Waals surface area contributed by atoms with E-state index in [1.807, 2.05) is 0 Å². The fourth-order valence-corrected chi connectivity index (χ4v) is 3.64. The molecule has 24 heavy (non-hydrogen) atoms. The molecule has 1 aliphatic heterocycles. The molecule has 0 radical (unpaired) electrons. The first kappa shape index (κ1) is 17.4. The van der Waals surface area contributed by atoms with Crippen LogP contribution in [0.1, 0.15) is 0 Å². The van der Waals surface area contributed by atoms with Crippen molar-refractivity contribution in [3.05, 3.63) is 47.5 Å². The van der Waals surface area contributed by atoms with E-state index in [-0.39, 0.29) is 5.75 Å². The van der Waals surface area contributed by atoms with E-state index in [9.17, 15) is 19.7 Å². The van der Waals surface area contributed by atoms with E-state index in [0.717, 1.165) is 0 Å². The minimum Gasteiger partial charge on any atom is -0.475 e. The number of pyridine rings is 1. The standard InChI is InChI=1S/C16H15ClFNO4S/c17-10-2-1-8(9-3-4-19-13(18)6-9)5-12(10)23-16-15(22)14(21)11(20)7-24-16/h1-6,11,14-16,20-22H,7H2/t11-,14+,15-,16-/m1/s1. The number of aliphatic hydroxyl groups is 3. The molecule has 0 saturated carbocycles. The fourth-order valence-electron chi connectivity index (χ4n) is 2.36. The molecule has 2 aromatic rings. The molecule has 1 fully saturated rings. The van der Waals surface area contributed by atoms with Gasteiger partial charge in [-0.3, -0.25) is 0 Å². The maximum absolute atomic E-state index is 13.3. The molecule has 0 aliphatic carbocycles.